The number of tetrazole rings is 1. The van der Waals surface area contributed by atoms with E-state index in [2.05, 4.69) is 15.5 Å². The van der Waals surface area contributed by atoms with E-state index in [0.29, 0.717) is 11.4 Å². The lowest BCUT2D eigenvalue weighted by Gasteiger charge is -2.05. The summed E-state index contributed by atoms with van der Waals surface area (Å²) in [5.41, 5.74) is 1.61. The summed E-state index contributed by atoms with van der Waals surface area (Å²) in [7, 11) is 1.67. The first kappa shape index (κ1) is 10.3. The molecule has 2 rings (SSSR count). The van der Waals surface area contributed by atoms with Crippen LogP contribution >= 0.6 is 0 Å². The van der Waals surface area contributed by atoms with E-state index in [1.807, 2.05) is 13.0 Å². The lowest BCUT2D eigenvalue weighted by atomic mass is 10.0. The molecule has 0 radical (unpaired) electrons. The first-order valence-electron chi connectivity index (χ1n) is 4.66. The van der Waals surface area contributed by atoms with Crippen molar-refractivity contribution in [2.24, 2.45) is 7.05 Å². The Labute approximate surface area is 91.5 Å². The zero-order chi connectivity index (χ0) is 11.7. The van der Waals surface area contributed by atoms with E-state index >= 15 is 0 Å². The molecule has 0 fully saturated rings. The van der Waals surface area contributed by atoms with Gasteiger partial charge in [-0.15, -0.1) is 5.10 Å². The molecule has 1 heterocycles. The van der Waals surface area contributed by atoms with E-state index in [4.69, 9.17) is 5.11 Å². The van der Waals surface area contributed by atoms with Crippen molar-refractivity contribution in [3.05, 3.63) is 29.3 Å². The van der Waals surface area contributed by atoms with E-state index in [-0.39, 0.29) is 5.56 Å². The van der Waals surface area contributed by atoms with Crippen LogP contribution in [0.25, 0.3) is 11.4 Å². The average Bonchev–Trinajstić information content (AvgIpc) is 2.64. The first-order chi connectivity index (χ1) is 7.59. The summed E-state index contributed by atoms with van der Waals surface area (Å²) in [5.74, 6) is -0.542. The Bertz CT molecular complexity index is 548. The Balaban J connectivity index is 2.65. The highest BCUT2D eigenvalue weighted by Gasteiger charge is 2.15. The van der Waals surface area contributed by atoms with Crippen LogP contribution < -0.4 is 0 Å². The van der Waals surface area contributed by atoms with Gasteiger partial charge in [0.15, 0.2) is 5.82 Å². The number of carboxylic acids is 1. The minimum Gasteiger partial charge on any atom is -0.478 e. The Hall–Kier alpha value is -2.24. The average molecular weight is 218 g/mol. The number of benzene rings is 1. The maximum atomic E-state index is 11.1. The molecule has 6 heteroatoms. The highest BCUT2D eigenvalue weighted by atomic mass is 16.4. The minimum absolute atomic E-state index is 0.206. The summed E-state index contributed by atoms with van der Waals surface area (Å²) in [6, 6.07) is 5.15. The number of nitrogens with zero attached hydrogens (tertiary/aromatic N) is 4. The van der Waals surface area contributed by atoms with E-state index in [0.717, 1.165) is 5.56 Å². The fourth-order valence-corrected chi connectivity index (χ4v) is 1.49. The molecule has 6 nitrogen and oxygen atoms in total. The number of carbonyl (C=O) groups is 1. The monoisotopic (exact) mass is 218 g/mol. The predicted octanol–water partition coefficient (Wildman–Crippen LogP) is 0.884. The van der Waals surface area contributed by atoms with Crippen LogP contribution in [0.5, 0.6) is 0 Å². The molecule has 0 aliphatic heterocycles. The Morgan fingerprint density at radius 2 is 2.19 bits per heavy atom. The standard InChI is InChI=1S/C10H10N4O2/c1-6-3-4-7(8(5-6)10(15)16)9-11-12-13-14(9)2/h3-5H,1-2H3,(H,15,16). The van der Waals surface area contributed by atoms with Gasteiger partial charge < -0.3 is 5.11 Å². The highest BCUT2D eigenvalue weighted by molar-refractivity contribution is 5.95. The molecule has 1 aromatic carbocycles. The van der Waals surface area contributed by atoms with Crippen molar-refractivity contribution >= 4 is 5.97 Å². The molecule has 0 unspecified atom stereocenters. The van der Waals surface area contributed by atoms with Gasteiger partial charge in [0, 0.05) is 12.6 Å². The Morgan fingerprint density at radius 3 is 2.75 bits per heavy atom. The number of aromatic nitrogens is 4. The van der Waals surface area contributed by atoms with Crippen LogP contribution in [-0.4, -0.2) is 31.3 Å². The predicted molar refractivity (Wildman–Crippen MR) is 55.9 cm³/mol. The van der Waals surface area contributed by atoms with E-state index in [1.165, 1.54) is 4.68 Å². The third kappa shape index (κ3) is 1.65. The minimum atomic E-state index is -0.985. The first-order valence-corrected chi connectivity index (χ1v) is 4.66. The van der Waals surface area contributed by atoms with Gasteiger partial charge in [0.2, 0.25) is 0 Å². The van der Waals surface area contributed by atoms with Gasteiger partial charge >= 0.3 is 5.97 Å². The maximum absolute atomic E-state index is 11.1. The van der Waals surface area contributed by atoms with Crippen molar-refractivity contribution < 1.29 is 9.90 Å². The van der Waals surface area contributed by atoms with Gasteiger partial charge in [0.25, 0.3) is 0 Å². The van der Waals surface area contributed by atoms with Crippen LogP contribution in [0, 0.1) is 6.92 Å². The molecule has 0 aliphatic rings. The third-order valence-corrected chi connectivity index (χ3v) is 2.27. The Kier molecular flexibility index (Phi) is 2.40. The SMILES string of the molecule is Cc1ccc(-c2nnnn2C)c(C(=O)O)c1. The van der Waals surface area contributed by atoms with E-state index < -0.39 is 5.97 Å². The van der Waals surface area contributed by atoms with Gasteiger partial charge in [0.1, 0.15) is 0 Å². The smallest absolute Gasteiger partial charge is 0.336 e. The second-order valence-corrected chi connectivity index (χ2v) is 3.48. The zero-order valence-corrected chi connectivity index (χ0v) is 8.88. The van der Waals surface area contributed by atoms with E-state index in [9.17, 15) is 4.79 Å². The Morgan fingerprint density at radius 1 is 1.44 bits per heavy atom. The summed E-state index contributed by atoms with van der Waals surface area (Å²) in [5, 5.41) is 20.1. The number of rotatable bonds is 2. The molecule has 0 bridgehead atoms. The van der Waals surface area contributed by atoms with E-state index in [1.54, 1.807) is 19.2 Å². The summed E-state index contributed by atoms with van der Waals surface area (Å²) in [4.78, 5) is 11.1. The molecule has 0 saturated carbocycles. The molecule has 0 saturated heterocycles. The van der Waals surface area contributed by atoms with Crippen molar-refractivity contribution in [3.63, 3.8) is 0 Å². The van der Waals surface area contributed by atoms with Crippen molar-refractivity contribution in [1.29, 1.82) is 0 Å². The molecule has 1 N–H and O–H groups in total. The molecule has 82 valence electrons. The van der Waals surface area contributed by atoms with Gasteiger partial charge in [-0.2, -0.15) is 0 Å². The quantitative estimate of drug-likeness (QED) is 0.809. The molecule has 0 amide bonds. The molecule has 0 aliphatic carbocycles. The second-order valence-electron chi connectivity index (χ2n) is 3.48. The third-order valence-electron chi connectivity index (χ3n) is 2.27. The van der Waals surface area contributed by atoms with Gasteiger partial charge in [-0.3, -0.25) is 0 Å². The van der Waals surface area contributed by atoms with Crippen LogP contribution in [0.2, 0.25) is 0 Å². The van der Waals surface area contributed by atoms with Crippen LogP contribution in [0.1, 0.15) is 15.9 Å². The largest absolute Gasteiger partial charge is 0.478 e. The van der Waals surface area contributed by atoms with Crippen LogP contribution in [0.15, 0.2) is 18.2 Å². The van der Waals surface area contributed by atoms with Crippen molar-refractivity contribution in [2.75, 3.05) is 0 Å². The fourth-order valence-electron chi connectivity index (χ4n) is 1.49. The molecule has 0 spiro atoms. The fraction of sp³-hybridized carbons (Fsp3) is 0.200. The molecule has 1 aromatic heterocycles. The number of aromatic carboxylic acids is 1. The summed E-state index contributed by atoms with van der Waals surface area (Å²) in [6.07, 6.45) is 0. The van der Waals surface area contributed by atoms with Crippen LogP contribution in [0.4, 0.5) is 0 Å². The number of hydrogen-bond donors (Lipinski definition) is 1. The number of hydrogen-bond acceptors (Lipinski definition) is 4. The van der Waals surface area contributed by atoms with Gasteiger partial charge in [-0.25, -0.2) is 9.48 Å². The summed E-state index contributed by atoms with van der Waals surface area (Å²) < 4.78 is 1.44. The highest BCUT2D eigenvalue weighted by Crippen LogP contribution is 2.21. The lowest BCUT2D eigenvalue weighted by Crippen LogP contribution is -2.03. The van der Waals surface area contributed by atoms with Gasteiger partial charge in [0.05, 0.1) is 5.56 Å². The van der Waals surface area contributed by atoms with Crippen molar-refractivity contribution in [2.45, 2.75) is 6.92 Å². The van der Waals surface area contributed by atoms with Crippen LogP contribution in [0.3, 0.4) is 0 Å². The maximum Gasteiger partial charge on any atom is 0.336 e. The summed E-state index contributed by atoms with van der Waals surface area (Å²) >= 11 is 0. The number of carboxylic acid groups (broad SMARTS) is 1. The normalized spacial score (nSPS) is 10.4. The molecule has 16 heavy (non-hydrogen) atoms. The molecular weight excluding hydrogens is 208 g/mol. The van der Waals surface area contributed by atoms with Gasteiger partial charge in [-0.1, -0.05) is 11.6 Å². The molecule has 2 aromatic rings. The molecular formula is C10H10N4O2. The van der Waals surface area contributed by atoms with Crippen molar-refractivity contribution in [1.82, 2.24) is 20.2 Å². The molecule has 0 atom stereocenters. The van der Waals surface area contributed by atoms with Crippen LogP contribution in [-0.2, 0) is 7.05 Å². The zero-order valence-electron chi connectivity index (χ0n) is 8.88. The number of aryl methyl sites for hydroxylation is 2. The van der Waals surface area contributed by atoms with Gasteiger partial charge in [-0.05, 0) is 29.5 Å². The summed E-state index contributed by atoms with van der Waals surface area (Å²) in [6.45, 7) is 1.84. The second kappa shape index (κ2) is 3.73. The lowest BCUT2D eigenvalue weighted by molar-refractivity contribution is 0.0697. The topological polar surface area (TPSA) is 80.9 Å². The van der Waals surface area contributed by atoms with Crippen molar-refractivity contribution in [3.8, 4) is 11.4 Å².